The summed E-state index contributed by atoms with van der Waals surface area (Å²) >= 11 is 0. The highest BCUT2D eigenvalue weighted by Gasteiger charge is 2.43. The summed E-state index contributed by atoms with van der Waals surface area (Å²) < 4.78 is 5.34. The first-order valence-corrected chi connectivity index (χ1v) is 5.87. The molecule has 5 nitrogen and oxygen atoms in total. The van der Waals surface area contributed by atoms with Crippen molar-refractivity contribution in [2.24, 2.45) is 5.92 Å². The lowest BCUT2D eigenvalue weighted by atomic mass is 10.2. The molecule has 0 aliphatic heterocycles. The van der Waals surface area contributed by atoms with Gasteiger partial charge in [-0.15, -0.1) is 0 Å². The number of amides is 1. The molecule has 0 radical (unpaired) electrons. The number of rotatable bonds is 5. The highest BCUT2D eigenvalue weighted by atomic mass is 16.5. The number of nitrogens with one attached hydrogen (secondary N) is 1. The van der Waals surface area contributed by atoms with Crippen molar-refractivity contribution in [1.29, 1.82) is 0 Å². The monoisotopic (exact) mass is 249 g/mol. The van der Waals surface area contributed by atoms with Crippen LogP contribution in [0.1, 0.15) is 23.7 Å². The van der Waals surface area contributed by atoms with Gasteiger partial charge in [0.2, 0.25) is 5.91 Å². The van der Waals surface area contributed by atoms with Crippen LogP contribution in [0.2, 0.25) is 0 Å². The maximum absolute atomic E-state index is 11.8. The molecule has 2 atom stereocenters. The molecule has 0 aromatic heterocycles. The van der Waals surface area contributed by atoms with E-state index in [0.717, 1.165) is 6.42 Å². The average Bonchev–Trinajstić information content (AvgIpc) is 3.10. The van der Waals surface area contributed by atoms with Gasteiger partial charge in [-0.1, -0.05) is 0 Å². The molecule has 2 unspecified atom stereocenters. The standard InChI is InChI=1S/C13H15NO4/c1-2-18-11-7-10(11)12(15)14-9-5-3-8(4-6-9)13(16)17/h3-6,10-11H,2,7H2,1H3,(H,14,15)(H,16,17). The van der Waals surface area contributed by atoms with Crippen molar-refractivity contribution in [2.75, 3.05) is 11.9 Å². The first-order valence-electron chi connectivity index (χ1n) is 5.87. The molecule has 2 N–H and O–H groups in total. The first kappa shape index (κ1) is 12.6. The van der Waals surface area contributed by atoms with Crippen molar-refractivity contribution >= 4 is 17.6 Å². The third kappa shape index (κ3) is 2.87. The Bertz CT molecular complexity index is 455. The molecule has 96 valence electrons. The van der Waals surface area contributed by atoms with E-state index in [4.69, 9.17) is 9.84 Å². The molecule has 1 fully saturated rings. The minimum atomic E-state index is -0.980. The Morgan fingerprint density at radius 3 is 2.61 bits per heavy atom. The van der Waals surface area contributed by atoms with E-state index in [9.17, 15) is 9.59 Å². The molecule has 0 saturated heterocycles. The van der Waals surface area contributed by atoms with Crippen LogP contribution in [-0.2, 0) is 9.53 Å². The van der Waals surface area contributed by atoms with Gasteiger partial charge in [0, 0.05) is 12.3 Å². The predicted octanol–water partition coefficient (Wildman–Crippen LogP) is 1.75. The van der Waals surface area contributed by atoms with Gasteiger partial charge in [0.1, 0.15) is 0 Å². The molecule has 1 aliphatic rings. The number of carbonyl (C=O) groups excluding carboxylic acids is 1. The number of carbonyl (C=O) groups is 2. The maximum atomic E-state index is 11.8. The Hall–Kier alpha value is -1.88. The summed E-state index contributed by atoms with van der Waals surface area (Å²) in [6.07, 6.45) is 0.792. The van der Waals surface area contributed by atoms with E-state index in [2.05, 4.69) is 5.32 Å². The van der Waals surface area contributed by atoms with Crippen molar-refractivity contribution in [3.8, 4) is 0 Å². The van der Waals surface area contributed by atoms with Gasteiger partial charge >= 0.3 is 5.97 Å². The van der Waals surface area contributed by atoms with Gasteiger partial charge in [-0.3, -0.25) is 4.79 Å². The number of hydrogen-bond donors (Lipinski definition) is 2. The van der Waals surface area contributed by atoms with Crippen LogP contribution >= 0.6 is 0 Å². The van der Waals surface area contributed by atoms with Gasteiger partial charge in [-0.2, -0.15) is 0 Å². The molecule has 0 heterocycles. The van der Waals surface area contributed by atoms with Gasteiger partial charge in [-0.25, -0.2) is 4.79 Å². The first-order chi connectivity index (χ1) is 8.61. The zero-order valence-electron chi connectivity index (χ0n) is 10.1. The second-order valence-electron chi connectivity index (χ2n) is 4.21. The van der Waals surface area contributed by atoms with E-state index in [-0.39, 0.29) is 23.5 Å². The van der Waals surface area contributed by atoms with Crippen molar-refractivity contribution in [1.82, 2.24) is 0 Å². The van der Waals surface area contributed by atoms with Crippen LogP contribution in [0.4, 0.5) is 5.69 Å². The molecular weight excluding hydrogens is 234 g/mol. The van der Waals surface area contributed by atoms with Crippen LogP contribution in [0.15, 0.2) is 24.3 Å². The third-order valence-electron chi connectivity index (χ3n) is 2.85. The topological polar surface area (TPSA) is 75.6 Å². The van der Waals surface area contributed by atoms with Crippen LogP contribution in [-0.4, -0.2) is 29.7 Å². The molecule has 1 saturated carbocycles. The molecular formula is C13H15NO4. The number of aromatic carboxylic acids is 1. The summed E-state index contributed by atoms with van der Waals surface area (Å²) in [5.74, 6) is -1.13. The van der Waals surface area contributed by atoms with Gasteiger partial charge in [0.05, 0.1) is 17.6 Å². The van der Waals surface area contributed by atoms with Gasteiger partial charge in [0.15, 0.2) is 0 Å². The Morgan fingerprint density at radius 2 is 2.06 bits per heavy atom. The fourth-order valence-corrected chi connectivity index (χ4v) is 1.78. The smallest absolute Gasteiger partial charge is 0.335 e. The van der Waals surface area contributed by atoms with E-state index < -0.39 is 5.97 Å². The lowest BCUT2D eigenvalue weighted by Crippen LogP contribution is -2.16. The molecule has 0 spiro atoms. The van der Waals surface area contributed by atoms with Crippen molar-refractivity contribution < 1.29 is 19.4 Å². The van der Waals surface area contributed by atoms with Crippen LogP contribution < -0.4 is 5.32 Å². The second-order valence-corrected chi connectivity index (χ2v) is 4.21. The number of anilines is 1. The fourth-order valence-electron chi connectivity index (χ4n) is 1.78. The van der Waals surface area contributed by atoms with E-state index >= 15 is 0 Å². The zero-order valence-corrected chi connectivity index (χ0v) is 10.1. The summed E-state index contributed by atoms with van der Waals surface area (Å²) in [5.41, 5.74) is 0.804. The van der Waals surface area contributed by atoms with Gasteiger partial charge < -0.3 is 15.2 Å². The summed E-state index contributed by atoms with van der Waals surface area (Å²) in [6.45, 7) is 2.51. The summed E-state index contributed by atoms with van der Waals surface area (Å²) in [5, 5.41) is 11.5. The number of hydrogen-bond acceptors (Lipinski definition) is 3. The third-order valence-corrected chi connectivity index (χ3v) is 2.85. The van der Waals surface area contributed by atoms with Crippen LogP contribution in [0.5, 0.6) is 0 Å². The highest BCUT2D eigenvalue weighted by Crippen LogP contribution is 2.34. The van der Waals surface area contributed by atoms with Crippen molar-refractivity contribution in [3.05, 3.63) is 29.8 Å². The number of carboxylic acid groups (broad SMARTS) is 1. The largest absolute Gasteiger partial charge is 0.478 e. The summed E-state index contributed by atoms with van der Waals surface area (Å²) in [6, 6.07) is 6.09. The lowest BCUT2D eigenvalue weighted by Gasteiger charge is -2.05. The molecule has 1 amide bonds. The normalized spacial score (nSPS) is 21.4. The minimum absolute atomic E-state index is 0.0355. The molecule has 1 aromatic rings. The maximum Gasteiger partial charge on any atom is 0.335 e. The zero-order chi connectivity index (χ0) is 13.1. The average molecular weight is 249 g/mol. The van der Waals surface area contributed by atoms with E-state index in [1.165, 1.54) is 12.1 Å². The Labute approximate surface area is 105 Å². The van der Waals surface area contributed by atoms with Crippen LogP contribution in [0.25, 0.3) is 0 Å². The Kier molecular flexibility index (Phi) is 3.62. The SMILES string of the molecule is CCOC1CC1C(=O)Nc1ccc(C(=O)O)cc1. The molecule has 5 heteroatoms. The molecule has 1 aromatic carbocycles. The van der Waals surface area contributed by atoms with Gasteiger partial charge in [0.25, 0.3) is 0 Å². The van der Waals surface area contributed by atoms with E-state index in [1.54, 1.807) is 12.1 Å². The Balaban J connectivity index is 1.90. The summed E-state index contributed by atoms with van der Waals surface area (Å²) in [4.78, 5) is 22.4. The quantitative estimate of drug-likeness (QED) is 0.833. The fraction of sp³-hybridized carbons (Fsp3) is 0.385. The Morgan fingerprint density at radius 1 is 1.39 bits per heavy atom. The van der Waals surface area contributed by atoms with Crippen molar-refractivity contribution in [3.63, 3.8) is 0 Å². The predicted molar refractivity (Wildman–Crippen MR) is 65.6 cm³/mol. The molecule has 0 bridgehead atoms. The van der Waals surface area contributed by atoms with Crippen molar-refractivity contribution in [2.45, 2.75) is 19.4 Å². The number of ether oxygens (including phenoxy) is 1. The summed E-state index contributed by atoms with van der Waals surface area (Å²) in [7, 11) is 0. The van der Waals surface area contributed by atoms with Crippen LogP contribution in [0.3, 0.4) is 0 Å². The number of benzene rings is 1. The van der Waals surface area contributed by atoms with E-state index in [1.807, 2.05) is 6.92 Å². The highest BCUT2D eigenvalue weighted by molar-refractivity contribution is 5.95. The second kappa shape index (κ2) is 5.18. The van der Waals surface area contributed by atoms with Crippen LogP contribution in [0, 0.1) is 5.92 Å². The lowest BCUT2D eigenvalue weighted by molar-refractivity contribution is -0.118. The van der Waals surface area contributed by atoms with E-state index in [0.29, 0.717) is 12.3 Å². The minimum Gasteiger partial charge on any atom is -0.478 e. The number of carboxylic acids is 1. The van der Waals surface area contributed by atoms with Gasteiger partial charge in [-0.05, 0) is 37.6 Å². The molecule has 1 aliphatic carbocycles. The molecule has 2 rings (SSSR count). The molecule has 18 heavy (non-hydrogen) atoms.